The molecule has 0 aliphatic carbocycles. The molecule has 0 radical (unpaired) electrons. The van der Waals surface area contributed by atoms with Crippen molar-refractivity contribution in [3.63, 3.8) is 0 Å². The number of ketones is 1. The number of amides is 2. The highest BCUT2D eigenvalue weighted by atomic mass is 16.5. The summed E-state index contributed by atoms with van der Waals surface area (Å²) in [4.78, 5) is 33.1. The number of methoxy groups -OCH3 is 1. The molecule has 0 rings (SSSR count). The molecule has 0 saturated carbocycles. The van der Waals surface area contributed by atoms with Crippen LogP contribution in [0.2, 0.25) is 0 Å². The molecule has 8 nitrogen and oxygen atoms in total. The third-order valence-corrected chi connectivity index (χ3v) is 1.98. The molecule has 0 aromatic heterocycles. The summed E-state index contributed by atoms with van der Waals surface area (Å²) in [5.41, 5.74) is 0. The maximum atomic E-state index is 11.3. The summed E-state index contributed by atoms with van der Waals surface area (Å²) in [7, 11) is 1.54. The van der Waals surface area contributed by atoms with Crippen molar-refractivity contribution in [3.05, 3.63) is 0 Å². The number of hydrogen-bond donors (Lipinski definition) is 2. The molecule has 0 saturated heterocycles. The normalized spacial score (nSPS) is 9.45. The first-order chi connectivity index (χ1) is 10.6. The van der Waals surface area contributed by atoms with Crippen LogP contribution in [0.15, 0.2) is 0 Å². The lowest BCUT2D eigenvalue weighted by molar-refractivity contribution is -0.129. The van der Waals surface area contributed by atoms with Crippen molar-refractivity contribution < 1.29 is 28.6 Å². The number of nitrogens with one attached hydrogen (secondary N) is 2. The summed E-state index contributed by atoms with van der Waals surface area (Å²) < 4.78 is 14.7. The number of hydrogen-bond acceptors (Lipinski definition) is 6. The lowest BCUT2D eigenvalue weighted by atomic mass is 10.5. The molecular formula is C14H28N2O6. The Balaban J connectivity index is 0. The van der Waals surface area contributed by atoms with Crippen molar-refractivity contribution in [2.45, 2.75) is 20.8 Å². The first-order valence-electron chi connectivity index (χ1n) is 7.23. The van der Waals surface area contributed by atoms with E-state index in [0.29, 0.717) is 13.2 Å². The molecule has 0 fully saturated rings. The number of Topliss-reactive ketones (excluding diaryl/α,β-unsaturated/α-hetero) is 1. The maximum Gasteiger partial charge on any atom is 0.246 e. The summed E-state index contributed by atoms with van der Waals surface area (Å²) in [6.45, 7) is 6.48. The highest BCUT2D eigenvalue weighted by molar-refractivity contribution is 5.85. The average Bonchev–Trinajstić information content (AvgIpc) is 2.51. The zero-order valence-corrected chi connectivity index (χ0v) is 13.9. The van der Waals surface area contributed by atoms with Crippen LogP contribution in [-0.2, 0) is 28.6 Å². The molecule has 2 amide bonds. The van der Waals surface area contributed by atoms with Crippen LogP contribution in [-0.4, -0.2) is 70.8 Å². The van der Waals surface area contributed by atoms with Gasteiger partial charge in [0.1, 0.15) is 13.2 Å². The van der Waals surface area contributed by atoms with E-state index in [0.717, 1.165) is 0 Å². The van der Waals surface area contributed by atoms with Gasteiger partial charge < -0.3 is 24.8 Å². The van der Waals surface area contributed by atoms with E-state index in [-0.39, 0.29) is 50.5 Å². The Morgan fingerprint density at radius 3 is 2.09 bits per heavy atom. The zero-order chi connectivity index (χ0) is 17.2. The van der Waals surface area contributed by atoms with E-state index in [9.17, 15) is 14.4 Å². The molecule has 8 heteroatoms. The third-order valence-electron chi connectivity index (χ3n) is 1.98. The predicted octanol–water partition coefficient (Wildman–Crippen LogP) is -0.486. The smallest absolute Gasteiger partial charge is 0.246 e. The Hall–Kier alpha value is -1.51. The third kappa shape index (κ3) is 18.5. The summed E-state index contributed by atoms with van der Waals surface area (Å²) in [5, 5.41) is 4.94. The second-order valence-corrected chi connectivity index (χ2v) is 3.93. The van der Waals surface area contributed by atoms with Gasteiger partial charge in [-0.05, 0) is 6.92 Å². The number of ether oxygens (including phenoxy) is 3. The molecule has 0 heterocycles. The minimum absolute atomic E-state index is 0.0332. The second kappa shape index (κ2) is 17.5. The van der Waals surface area contributed by atoms with Crippen molar-refractivity contribution in [2.24, 2.45) is 0 Å². The molecule has 0 unspecified atom stereocenters. The first-order valence-corrected chi connectivity index (χ1v) is 7.23. The van der Waals surface area contributed by atoms with Crippen molar-refractivity contribution in [1.82, 2.24) is 10.6 Å². The number of carbonyl (C=O) groups is 3. The van der Waals surface area contributed by atoms with Gasteiger partial charge in [-0.2, -0.15) is 0 Å². The molecule has 0 atom stereocenters. The molecular weight excluding hydrogens is 292 g/mol. The van der Waals surface area contributed by atoms with Crippen molar-refractivity contribution >= 4 is 17.6 Å². The fraction of sp³-hybridized carbons (Fsp3) is 0.786. The number of carbonyl (C=O) groups excluding carboxylic acids is 3. The van der Waals surface area contributed by atoms with Gasteiger partial charge in [-0.3, -0.25) is 14.4 Å². The van der Waals surface area contributed by atoms with Crippen LogP contribution in [0.5, 0.6) is 0 Å². The fourth-order valence-corrected chi connectivity index (χ4v) is 1.08. The van der Waals surface area contributed by atoms with Crippen LogP contribution in [0.4, 0.5) is 0 Å². The van der Waals surface area contributed by atoms with Crippen LogP contribution in [0.3, 0.4) is 0 Å². The van der Waals surface area contributed by atoms with Gasteiger partial charge >= 0.3 is 0 Å². The molecule has 2 N–H and O–H groups in total. The lowest BCUT2D eigenvalue weighted by Crippen LogP contribution is -2.39. The van der Waals surface area contributed by atoms with E-state index in [1.54, 1.807) is 0 Å². The van der Waals surface area contributed by atoms with E-state index in [1.807, 2.05) is 13.8 Å². The van der Waals surface area contributed by atoms with Gasteiger partial charge in [0.05, 0.1) is 26.4 Å². The Kier molecular flexibility index (Phi) is 18.2. The van der Waals surface area contributed by atoms with Crippen LogP contribution >= 0.6 is 0 Å². The van der Waals surface area contributed by atoms with Gasteiger partial charge in [0.15, 0.2) is 5.78 Å². The largest absolute Gasteiger partial charge is 0.382 e. The second-order valence-electron chi connectivity index (χ2n) is 3.93. The fourth-order valence-electron chi connectivity index (χ4n) is 1.08. The molecule has 0 aromatic carbocycles. The highest BCUT2D eigenvalue weighted by Gasteiger charge is 2.05. The lowest BCUT2D eigenvalue weighted by Gasteiger charge is -2.07. The number of rotatable bonds is 12. The molecule has 0 aliphatic rings. The molecule has 130 valence electrons. The standard InChI is InChI=1S/C12H22N2O6.C2H6/c1-10(15)8-19-4-3-13-11(16)7-14-12(17)9-20-6-5-18-2;1-2/h3-9H2,1-2H3,(H,13,16)(H,14,17);1-2H3. The summed E-state index contributed by atoms with van der Waals surface area (Å²) >= 11 is 0. The van der Waals surface area contributed by atoms with Crippen molar-refractivity contribution in [3.8, 4) is 0 Å². The topological polar surface area (TPSA) is 103 Å². The SMILES string of the molecule is CC.COCCOCC(=O)NCC(=O)NCCOCC(C)=O. The Bertz CT molecular complexity index is 310. The Morgan fingerprint density at radius 1 is 0.864 bits per heavy atom. The van der Waals surface area contributed by atoms with Gasteiger partial charge in [-0.15, -0.1) is 0 Å². The maximum absolute atomic E-state index is 11.3. The predicted molar refractivity (Wildman–Crippen MR) is 81.6 cm³/mol. The Labute approximate surface area is 131 Å². The molecule has 0 spiro atoms. The minimum Gasteiger partial charge on any atom is -0.382 e. The minimum atomic E-state index is -0.371. The zero-order valence-electron chi connectivity index (χ0n) is 13.9. The molecule has 22 heavy (non-hydrogen) atoms. The van der Waals surface area contributed by atoms with Crippen LogP contribution in [0, 0.1) is 0 Å². The van der Waals surface area contributed by atoms with Gasteiger partial charge in [0.2, 0.25) is 11.8 Å². The molecule has 0 bridgehead atoms. The van der Waals surface area contributed by atoms with Crippen molar-refractivity contribution in [1.29, 1.82) is 0 Å². The van der Waals surface area contributed by atoms with Gasteiger partial charge in [0, 0.05) is 13.7 Å². The highest BCUT2D eigenvalue weighted by Crippen LogP contribution is 1.78. The molecule has 0 aromatic rings. The summed E-state index contributed by atoms with van der Waals surface area (Å²) in [6, 6.07) is 0. The average molecular weight is 320 g/mol. The van der Waals surface area contributed by atoms with E-state index in [4.69, 9.17) is 14.2 Å². The first kappa shape index (κ1) is 22.8. The van der Waals surface area contributed by atoms with Gasteiger partial charge in [-0.25, -0.2) is 0 Å². The van der Waals surface area contributed by atoms with Crippen molar-refractivity contribution in [2.75, 3.05) is 53.2 Å². The summed E-state index contributed by atoms with van der Waals surface area (Å²) in [6.07, 6.45) is 0. The van der Waals surface area contributed by atoms with Crippen LogP contribution in [0.1, 0.15) is 20.8 Å². The Morgan fingerprint density at radius 2 is 1.50 bits per heavy atom. The van der Waals surface area contributed by atoms with Gasteiger partial charge in [-0.1, -0.05) is 13.8 Å². The van der Waals surface area contributed by atoms with E-state index in [2.05, 4.69) is 10.6 Å². The van der Waals surface area contributed by atoms with E-state index in [1.165, 1.54) is 14.0 Å². The molecule has 0 aliphatic heterocycles. The van der Waals surface area contributed by atoms with E-state index >= 15 is 0 Å². The summed E-state index contributed by atoms with van der Waals surface area (Å²) in [5.74, 6) is -0.775. The quantitative estimate of drug-likeness (QED) is 0.471. The van der Waals surface area contributed by atoms with E-state index < -0.39 is 0 Å². The van der Waals surface area contributed by atoms with Crippen LogP contribution in [0.25, 0.3) is 0 Å². The monoisotopic (exact) mass is 320 g/mol. The van der Waals surface area contributed by atoms with Crippen LogP contribution < -0.4 is 10.6 Å². The van der Waals surface area contributed by atoms with Gasteiger partial charge in [0.25, 0.3) is 0 Å².